The summed E-state index contributed by atoms with van der Waals surface area (Å²) in [4.78, 5) is 9.79. The van der Waals surface area contributed by atoms with Crippen molar-refractivity contribution in [2.75, 3.05) is 0 Å². The van der Waals surface area contributed by atoms with Crippen LogP contribution in [0.25, 0.3) is 11.1 Å². The fraction of sp³-hybridized carbons (Fsp3) is 0.0769. The van der Waals surface area contributed by atoms with Crippen LogP contribution >= 0.6 is 0 Å². The molecule has 0 aromatic heterocycles. The van der Waals surface area contributed by atoms with E-state index in [-0.39, 0.29) is 16.1 Å². The molecular formula is C13H10NO5S-. The van der Waals surface area contributed by atoms with E-state index in [1.54, 1.807) is 6.92 Å². The molecule has 6 nitrogen and oxygen atoms in total. The number of non-ortho nitro benzene ring substituents is 1. The third-order valence-electron chi connectivity index (χ3n) is 2.77. The van der Waals surface area contributed by atoms with Crippen molar-refractivity contribution in [1.29, 1.82) is 0 Å². The first-order valence-electron chi connectivity index (χ1n) is 5.60. The van der Waals surface area contributed by atoms with Crippen LogP contribution in [-0.2, 0) is 10.1 Å². The van der Waals surface area contributed by atoms with E-state index < -0.39 is 15.0 Å². The lowest BCUT2D eigenvalue weighted by Crippen LogP contribution is -2.01. The van der Waals surface area contributed by atoms with Crippen molar-refractivity contribution in [3.63, 3.8) is 0 Å². The molecule has 0 atom stereocenters. The maximum absolute atomic E-state index is 11.3. The SMILES string of the molecule is Cc1ccc(S(=O)(=O)[O-])c(-c2cccc([N+](=O)[O-])c2)c1. The number of hydrogen-bond donors (Lipinski definition) is 0. The van der Waals surface area contributed by atoms with Gasteiger partial charge in [-0.25, -0.2) is 8.42 Å². The lowest BCUT2D eigenvalue weighted by atomic mass is 10.0. The van der Waals surface area contributed by atoms with E-state index in [1.165, 1.54) is 42.5 Å². The molecule has 0 saturated heterocycles. The molecule has 0 saturated carbocycles. The molecule has 0 amide bonds. The molecule has 0 bridgehead atoms. The Kier molecular flexibility index (Phi) is 3.56. The Morgan fingerprint density at radius 1 is 1.10 bits per heavy atom. The van der Waals surface area contributed by atoms with Crippen molar-refractivity contribution in [2.24, 2.45) is 0 Å². The van der Waals surface area contributed by atoms with Gasteiger partial charge in [-0.3, -0.25) is 10.1 Å². The molecule has 2 aromatic carbocycles. The standard InChI is InChI=1S/C13H11NO5S/c1-9-5-6-13(20(17,18)19)12(7-9)10-3-2-4-11(8-10)14(15)16/h2-8H,1H3,(H,17,18,19)/p-1. The quantitative estimate of drug-likeness (QED) is 0.491. The fourth-order valence-corrected chi connectivity index (χ4v) is 2.56. The van der Waals surface area contributed by atoms with Gasteiger partial charge in [-0.15, -0.1) is 0 Å². The lowest BCUT2D eigenvalue weighted by molar-refractivity contribution is -0.384. The van der Waals surface area contributed by atoms with Crippen LogP contribution < -0.4 is 0 Å². The Labute approximate surface area is 115 Å². The van der Waals surface area contributed by atoms with E-state index in [2.05, 4.69) is 0 Å². The number of nitro groups is 1. The summed E-state index contributed by atoms with van der Waals surface area (Å²) in [6.45, 7) is 1.74. The fourth-order valence-electron chi connectivity index (χ4n) is 1.87. The van der Waals surface area contributed by atoms with Gasteiger partial charge in [0.1, 0.15) is 10.1 Å². The van der Waals surface area contributed by atoms with E-state index in [4.69, 9.17) is 0 Å². The van der Waals surface area contributed by atoms with Crippen molar-refractivity contribution in [3.05, 3.63) is 58.1 Å². The summed E-state index contributed by atoms with van der Waals surface area (Å²) in [5, 5.41) is 10.8. The number of nitro benzene ring substituents is 1. The normalized spacial score (nSPS) is 11.3. The van der Waals surface area contributed by atoms with Gasteiger partial charge < -0.3 is 4.55 Å². The van der Waals surface area contributed by atoms with E-state index in [1.807, 2.05) is 0 Å². The summed E-state index contributed by atoms with van der Waals surface area (Å²) in [5.74, 6) is 0. The highest BCUT2D eigenvalue weighted by Crippen LogP contribution is 2.30. The van der Waals surface area contributed by atoms with Crippen molar-refractivity contribution in [3.8, 4) is 11.1 Å². The predicted octanol–water partition coefficient (Wildman–Crippen LogP) is 2.47. The maximum Gasteiger partial charge on any atom is 0.270 e. The largest absolute Gasteiger partial charge is 0.744 e. The van der Waals surface area contributed by atoms with Crippen molar-refractivity contribution >= 4 is 15.8 Å². The Morgan fingerprint density at radius 3 is 2.40 bits per heavy atom. The summed E-state index contributed by atoms with van der Waals surface area (Å²) in [7, 11) is -4.65. The highest BCUT2D eigenvalue weighted by molar-refractivity contribution is 7.85. The summed E-state index contributed by atoms with van der Waals surface area (Å²) in [6.07, 6.45) is 0. The van der Waals surface area contributed by atoms with Crippen LogP contribution in [0, 0.1) is 17.0 Å². The molecule has 0 spiro atoms. The molecule has 0 radical (unpaired) electrons. The lowest BCUT2D eigenvalue weighted by Gasteiger charge is -2.13. The van der Waals surface area contributed by atoms with Crippen molar-refractivity contribution in [2.45, 2.75) is 11.8 Å². The van der Waals surface area contributed by atoms with Crippen LogP contribution in [0.2, 0.25) is 0 Å². The molecule has 0 aliphatic rings. The van der Waals surface area contributed by atoms with Gasteiger partial charge in [-0.1, -0.05) is 29.8 Å². The van der Waals surface area contributed by atoms with Gasteiger partial charge in [-0.05, 0) is 24.1 Å². The van der Waals surface area contributed by atoms with Crippen molar-refractivity contribution < 1.29 is 17.9 Å². The molecule has 7 heteroatoms. The number of benzene rings is 2. The van der Waals surface area contributed by atoms with Crippen LogP contribution in [0.15, 0.2) is 47.4 Å². The first-order valence-corrected chi connectivity index (χ1v) is 7.01. The average Bonchev–Trinajstić information content (AvgIpc) is 2.37. The van der Waals surface area contributed by atoms with Gasteiger partial charge >= 0.3 is 0 Å². The molecular weight excluding hydrogens is 282 g/mol. The first-order chi connectivity index (χ1) is 9.29. The molecule has 0 N–H and O–H groups in total. The van der Waals surface area contributed by atoms with E-state index in [0.29, 0.717) is 5.56 Å². The third-order valence-corrected chi connectivity index (χ3v) is 3.67. The predicted molar refractivity (Wildman–Crippen MR) is 71.2 cm³/mol. The first kappa shape index (κ1) is 14.2. The van der Waals surface area contributed by atoms with Crippen LogP contribution in [0.3, 0.4) is 0 Å². The second-order valence-corrected chi connectivity index (χ2v) is 5.61. The van der Waals surface area contributed by atoms with Gasteiger partial charge in [0.15, 0.2) is 0 Å². The van der Waals surface area contributed by atoms with E-state index in [0.717, 1.165) is 5.56 Å². The highest BCUT2D eigenvalue weighted by Gasteiger charge is 2.13. The average molecular weight is 292 g/mol. The van der Waals surface area contributed by atoms with Gasteiger partial charge in [0.05, 0.1) is 9.82 Å². The Hall–Kier alpha value is -2.25. The summed E-state index contributed by atoms with van der Waals surface area (Å²) >= 11 is 0. The van der Waals surface area contributed by atoms with E-state index in [9.17, 15) is 23.1 Å². The third kappa shape index (κ3) is 2.84. The van der Waals surface area contributed by atoms with Crippen LogP contribution in [0.5, 0.6) is 0 Å². The minimum Gasteiger partial charge on any atom is -0.744 e. The number of hydrogen-bond acceptors (Lipinski definition) is 5. The molecule has 104 valence electrons. The zero-order chi connectivity index (χ0) is 14.9. The maximum atomic E-state index is 11.3. The Bertz CT molecular complexity index is 783. The Morgan fingerprint density at radius 2 is 1.80 bits per heavy atom. The highest BCUT2D eigenvalue weighted by atomic mass is 32.2. The van der Waals surface area contributed by atoms with Crippen LogP contribution in [-0.4, -0.2) is 17.9 Å². The van der Waals surface area contributed by atoms with Crippen LogP contribution in [0.4, 0.5) is 5.69 Å². The second kappa shape index (κ2) is 5.03. The van der Waals surface area contributed by atoms with Gasteiger partial charge in [0, 0.05) is 12.1 Å². The molecule has 0 fully saturated rings. The van der Waals surface area contributed by atoms with Gasteiger partial charge in [-0.2, -0.15) is 0 Å². The van der Waals surface area contributed by atoms with Gasteiger partial charge in [0.2, 0.25) is 0 Å². The van der Waals surface area contributed by atoms with Crippen LogP contribution in [0.1, 0.15) is 5.56 Å². The Balaban J connectivity index is 2.72. The zero-order valence-corrected chi connectivity index (χ0v) is 11.3. The smallest absolute Gasteiger partial charge is 0.270 e. The summed E-state index contributed by atoms with van der Waals surface area (Å²) in [5.41, 5.74) is 1.07. The minimum absolute atomic E-state index is 0.168. The number of nitrogens with zero attached hydrogens (tertiary/aromatic N) is 1. The molecule has 2 rings (SSSR count). The molecule has 20 heavy (non-hydrogen) atoms. The van der Waals surface area contributed by atoms with E-state index >= 15 is 0 Å². The number of aryl methyl sites for hydroxylation is 1. The molecule has 0 heterocycles. The monoisotopic (exact) mass is 292 g/mol. The molecule has 0 unspecified atom stereocenters. The van der Waals surface area contributed by atoms with Gasteiger partial charge in [0.25, 0.3) is 5.69 Å². The molecule has 0 aliphatic heterocycles. The summed E-state index contributed by atoms with van der Waals surface area (Å²) in [6, 6.07) is 9.74. The van der Waals surface area contributed by atoms with Crippen molar-refractivity contribution in [1.82, 2.24) is 0 Å². The molecule has 0 aliphatic carbocycles. The topological polar surface area (TPSA) is 100 Å². The minimum atomic E-state index is -4.65. The summed E-state index contributed by atoms with van der Waals surface area (Å²) < 4.78 is 33.8. The second-order valence-electron chi connectivity index (χ2n) is 4.26. The zero-order valence-electron chi connectivity index (χ0n) is 10.4. The molecule has 2 aromatic rings. The number of rotatable bonds is 3.